The van der Waals surface area contributed by atoms with Crippen molar-refractivity contribution in [1.82, 2.24) is 0 Å². The summed E-state index contributed by atoms with van der Waals surface area (Å²) in [4.78, 5) is 3.56. The molecule has 3 aromatic rings. The zero-order valence-corrected chi connectivity index (χ0v) is 17.1. The van der Waals surface area contributed by atoms with Gasteiger partial charge in [-0.15, -0.1) is 0 Å². The van der Waals surface area contributed by atoms with Gasteiger partial charge in [-0.1, -0.05) is 74.5 Å². The molecule has 0 unspecified atom stereocenters. The van der Waals surface area contributed by atoms with Gasteiger partial charge in [0.25, 0.3) is 5.82 Å². The van der Waals surface area contributed by atoms with E-state index >= 15 is 0 Å². The molecular formula is C24H24N3S+. The van der Waals surface area contributed by atoms with E-state index in [0.717, 1.165) is 34.8 Å². The second-order valence-corrected chi connectivity index (χ2v) is 9.43. The molecule has 0 saturated carbocycles. The summed E-state index contributed by atoms with van der Waals surface area (Å²) in [5.41, 5.74) is 6.66. The number of aromatic amines is 1. The molecule has 0 saturated heterocycles. The number of nitrogens with zero attached hydrogens (tertiary/aromatic N) is 1. The molecule has 4 rings (SSSR count). The summed E-state index contributed by atoms with van der Waals surface area (Å²) in [6.45, 7) is 5.20. The Labute approximate surface area is 170 Å². The van der Waals surface area contributed by atoms with Crippen LogP contribution in [0.1, 0.15) is 36.1 Å². The first-order chi connectivity index (χ1) is 13.6. The van der Waals surface area contributed by atoms with Gasteiger partial charge in [0.2, 0.25) is 0 Å². The topological polar surface area (TPSA) is 50.0 Å². The Kier molecular flexibility index (Phi) is 5.11. The van der Waals surface area contributed by atoms with Crippen molar-refractivity contribution >= 4 is 17.6 Å². The number of thioether (sulfide) groups is 1. The van der Waals surface area contributed by atoms with Crippen molar-refractivity contribution in [2.75, 3.05) is 5.32 Å². The first-order valence-corrected chi connectivity index (χ1v) is 10.5. The largest absolute Gasteiger partial charge is 0.291 e. The second-order valence-electron chi connectivity index (χ2n) is 7.75. The summed E-state index contributed by atoms with van der Waals surface area (Å²) in [5, 5.41) is 13.5. The fourth-order valence-electron chi connectivity index (χ4n) is 3.71. The Morgan fingerprint density at radius 3 is 2.39 bits per heavy atom. The number of pyridine rings is 1. The molecule has 28 heavy (non-hydrogen) atoms. The number of aromatic nitrogens is 1. The van der Waals surface area contributed by atoms with Gasteiger partial charge in [0.1, 0.15) is 23.9 Å². The van der Waals surface area contributed by atoms with E-state index in [2.05, 4.69) is 66.6 Å². The summed E-state index contributed by atoms with van der Waals surface area (Å²) in [6, 6.07) is 23.2. The maximum absolute atomic E-state index is 9.99. The highest BCUT2D eigenvalue weighted by Gasteiger charge is 2.33. The number of H-pyrrole nitrogens is 1. The van der Waals surface area contributed by atoms with Crippen molar-refractivity contribution in [2.45, 2.75) is 37.3 Å². The van der Waals surface area contributed by atoms with Crippen LogP contribution in [0.15, 0.2) is 60.7 Å². The zero-order valence-electron chi connectivity index (χ0n) is 16.3. The van der Waals surface area contributed by atoms with E-state index in [4.69, 9.17) is 0 Å². The lowest BCUT2D eigenvalue weighted by atomic mass is 9.90. The highest BCUT2D eigenvalue weighted by Crippen LogP contribution is 2.42. The Hall–Kier alpha value is -2.77. The van der Waals surface area contributed by atoms with Crippen LogP contribution in [0.25, 0.3) is 11.3 Å². The van der Waals surface area contributed by atoms with Gasteiger partial charge in [-0.2, -0.15) is 17.0 Å². The molecule has 1 aliphatic rings. The Balaban J connectivity index is 1.82. The Morgan fingerprint density at radius 2 is 1.71 bits per heavy atom. The number of hydrogen-bond donors (Lipinski definition) is 1. The molecule has 0 fully saturated rings. The number of rotatable bonds is 4. The third-order valence-corrected chi connectivity index (χ3v) is 6.52. The van der Waals surface area contributed by atoms with Gasteiger partial charge >= 0.3 is 0 Å². The van der Waals surface area contributed by atoms with Crippen LogP contribution in [0.2, 0.25) is 0 Å². The third kappa shape index (κ3) is 3.76. The molecule has 3 nitrogen and oxygen atoms in total. The fraction of sp³-hybridized carbons (Fsp3) is 0.250. The van der Waals surface area contributed by atoms with Gasteiger partial charge < -0.3 is 0 Å². The molecule has 0 amide bonds. The van der Waals surface area contributed by atoms with Crippen LogP contribution < -0.4 is 10.3 Å². The predicted octanol–water partition coefficient (Wildman–Crippen LogP) is 5.22. The molecular weight excluding hydrogens is 362 g/mol. The summed E-state index contributed by atoms with van der Waals surface area (Å²) in [6.07, 6.45) is 0.893. The molecule has 0 aliphatic carbocycles. The smallest absolute Gasteiger partial charge is 0.269 e. The minimum Gasteiger partial charge on any atom is -0.269 e. The first kappa shape index (κ1) is 18.6. The van der Waals surface area contributed by atoms with Crippen molar-refractivity contribution in [3.63, 3.8) is 0 Å². The highest BCUT2D eigenvalue weighted by atomic mass is 32.2. The van der Waals surface area contributed by atoms with Gasteiger partial charge in [-0.05, 0) is 17.5 Å². The second kappa shape index (κ2) is 7.69. The predicted molar refractivity (Wildman–Crippen MR) is 116 cm³/mol. The molecule has 0 bridgehead atoms. The average molecular weight is 387 g/mol. The van der Waals surface area contributed by atoms with Gasteiger partial charge in [0.15, 0.2) is 0 Å². The molecule has 0 atom stereocenters. The van der Waals surface area contributed by atoms with E-state index in [1.54, 1.807) is 0 Å². The number of anilines is 1. The quantitative estimate of drug-likeness (QED) is 0.669. The molecule has 0 spiro atoms. The molecule has 140 valence electrons. The molecule has 2 N–H and O–H groups in total. The molecule has 2 heterocycles. The number of benzene rings is 2. The Morgan fingerprint density at radius 1 is 1.04 bits per heavy atom. The van der Waals surface area contributed by atoms with Crippen LogP contribution in [0, 0.1) is 11.3 Å². The molecule has 0 radical (unpaired) electrons. The van der Waals surface area contributed by atoms with Crippen molar-refractivity contribution in [1.29, 1.82) is 5.26 Å². The van der Waals surface area contributed by atoms with Gasteiger partial charge in [0, 0.05) is 21.6 Å². The van der Waals surface area contributed by atoms with Crippen molar-refractivity contribution in [3.8, 4) is 17.3 Å². The average Bonchev–Trinajstić information content (AvgIpc) is 2.72. The lowest BCUT2D eigenvalue weighted by Crippen LogP contribution is -2.29. The lowest BCUT2D eigenvalue weighted by Gasteiger charge is -2.31. The first-order valence-electron chi connectivity index (χ1n) is 9.56. The number of hydrogen-bond acceptors (Lipinski definition) is 3. The van der Waals surface area contributed by atoms with E-state index in [-0.39, 0.29) is 4.75 Å². The van der Waals surface area contributed by atoms with E-state index in [1.165, 1.54) is 16.7 Å². The zero-order chi connectivity index (χ0) is 19.6. The minimum atomic E-state index is 0.130. The highest BCUT2D eigenvalue weighted by molar-refractivity contribution is 7.99. The molecule has 2 aromatic carbocycles. The van der Waals surface area contributed by atoms with Crippen LogP contribution in [0.5, 0.6) is 0 Å². The van der Waals surface area contributed by atoms with Crippen LogP contribution in [-0.2, 0) is 18.7 Å². The normalized spacial score (nSPS) is 14.8. The van der Waals surface area contributed by atoms with Crippen molar-refractivity contribution < 1.29 is 4.98 Å². The van der Waals surface area contributed by atoms with E-state index in [1.807, 2.05) is 36.0 Å². The molecule has 4 heteroatoms. The lowest BCUT2D eigenvalue weighted by molar-refractivity contribution is -0.348. The number of nitriles is 1. The van der Waals surface area contributed by atoms with E-state index in [9.17, 15) is 5.26 Å². The van der Waals surface area contributed by atoms with Crippen molar-refractivity contribution in [2.24, 2.45) is 0 Å². The van der Waals surface area contributed by atoms with Gasteiger partial charge in [0.05, 0.1) is 0 Å². The van der Waals surface area contributed by atoms with Crippen molar-refractivity contribution in [3.05, 3.63) is 82.9 Å². The van der Waals surface area contributed by atoms with Crippen LogP contribution in [-0.4, -0.2) is 4.75 Å². The monoisotopic (exact) mass is 386 g/mol. The summed E-state index contributed by atoms with van der Waals surface area (Å²) in [5.74, 6) is 1.73. The maximum Gasteiger partial charge on any atom is 0.291 e. The maximum atomic E-state index is 9.99. The summed E-state index contributed by atoms with van der Waals surface area (Å²) in [7, 11) is 0. The van der Waals surface area contributed by atoms with Gasteiger partial charge in [-0.25, -0.2) is 4.98 Å². The third-order valence-electron chi connectivity index (χ3n) is 5.16. The summed E-state index contributed by atoms with van der Waals surface area (Å²) < 4.78 is 0.130. The van der Waals surface area contributed by atoms with Crippen LogP contribution in [0.3, 0.4) is 0 Å². The molecule has 1 aromatic heterocycles. The Bertz CT molecular complexity index is 1020. The minimum absolute atomic E-state index is 0.130. The standard InChI is InChI=1S/C24H23N3S/c1-24(2)13-19-20(14-25)23(26-15-17-9-5-3-6-10-17)27-22(21(19)16-28-24)18-11-7-4-8-12-18/h3-12H,13,15-16H2,1-2H3,(H,26,27)/p+1. The summed E-state index contributed by atoms with van der Waals surface area (Å²) >= 11 is 1.96. The fourth-order valence-corrected chi connectivity index (χ4v) is 4.81. The van der Waals surface area contributed by atoms with Crippen LogP contribution >= 0.6 is 11.8 Å². The number of nitrogens with one attached hydrogen (secondary N) is 2. The number of fused-ring (bicyclic) bond motifs is 1. The van der Waals surface area contributed by atoms with E-state index in [0.29, 0.717) is 6.54 Å². The van der Waals surface area contributed by atoms with Gasteiger partial charge in [-0.3, -0.25) is 5.32 Å². The van der Waals surface area contributed by atoms with E-state index < -0.39 is 0 Å². The molecule has 1 aliphatic heterocycles. The SMILES string of the molecule is CC1(C)Cc2c(C#N)c(NCc3ccccc3)[nH+]c(-c3ccccc3)c2CS1. The van der Waals surface area contributed by atoms with Crippen LogP contribution in [0.4, 0.5) is 5.82 Å².